The first-order chi connectivity index (χ1) is 9.38. The zero-order valence-electron chi connectivity index (χ0n) is 10.5. The summed E-state index contributed by atoms with van der Waals surface area (Å²) >= 11 is 0. The van der Waals surface area contributed by atoms with Crippen LogP contribution in [-0.2, 0) is 6.42 Å². The fourth-order valence-electron chi connectivity index (χ4n) is 2.85. The molecule has 2 aromatic carbocycles. The Morgan fingerprint density at radius 1 is 0.947 bits per heavy atom. The first-order valence-corrected chi connectivity index (χ1v) is 6.43. The van der Waals surface area contributed by atoms with Crippen molar-refractivity contribution >= 4 is 17.7 Å². The molecule has 0 radical (unpaired) electrons. The highest BCUT2D eigenvalue weighted by Gasteiger charge is 2.45. The van der Waals surface area contributed by atoms with Crippen molar-refractivity contribution in [3.05, 3.63) is 72.1 Å². The second kappa shape index (κ2) is 3.80. The Morgan fingerprint density at radius 2 is 1.74 bits per heavy atom. The summed E-state index contributed by atoms with van der Waals surface area (Å²) in [4.78, 5) is 4.36. The van der Waals surface area contributed by atoms with Gasteiger partial charge >= 0.3 is 0 Å². The lowest BCUT2D eigenvalue weighted by Crippen LogP contribution is -2.48. The second-order valence-corrected chi connectivity index (χ2v) is 4.89. The van der Waals surface area contributed by atoms with Crippen molar-refractivity contribution in [1.29, 1.82) is 0 Å². The quantitative estimate of drug-likeness (QED) is 0.809. The van der Waals surface area contributed by atoms with Crippen molar-refractivity contribution in [3.8, 4) is 0 Å². The minimum atomic E-state index is 0.528. The highest BCUT2D eigenvalue weighted by Crippen LogP contribution is 2.42. The average molecular weight is 248 g/mol. The number of rotatable bonds is 2. The molecular weight excluding hydrogens is 234 g/mol. The molecule has 2 aliphatic heterocycles. The maximum absolute atomic E-state index is 4.36. The van der Waals surface area contributed by atoms with E-state index in [1.165, 1.54) is 16.9 Å². The van der Waals surface area contributed by atoms with Crippen molar-refractivity contribution in [3.63, 3.8) is 0 Å². The number of allylic oxidation sites excluding steroid dienone is 1. The Hall–Kier alpha value is -2.39. The van der Waals surface area contributed by atoms with Gasteiger partial charge in [-0.05, 0) is 12.1 Å². The first kappa shape index (κ1) is 10.5. The van der Waals surface area contributed by atoms with Crippen LogP contribution in [0.1, 0.15) is 5.56 Å². The summed E-state index contributed by atoms with van der Waals surface area (Å²) in [6.07, 6.45) is 4.89. The van der Waals surface area contributed by atoms with Gasteiger partial charge in [-0.1, -0.05) is 36.4 Å². The van der Waals surface area contributed by atoms with Gasteiger partial charge in [0, 0.05) is 11.6 Å². The van der Waals surface area contributed by atoms with E-state index in [4.69, 9.17) is 0 Å². The van der Waals surface area contributed by atoms with Crippen LogP contribution in [0.5, 0.6) is 0 Å². The van der Waals surface area contributed by atoms with Gasteiger partial charge < -0.3 is 0 Å². The summed E-state index contributed by atoms with van der Waals surface area (Å²) in [5, 5.41) is 0. The molecule has 0 amide bonds. The van der Waals surface area contributed by atoms with Gasteiger partial charge in [0.1, 0.15) is 0 Å². The number of benzene rings is 2. The number of anilines is 1. The molecular formula is C16H14N3+. The van der Waals surface area contributed by atoms with Crippen molar-refractivity contribution in [2.24, 2.45) is 4.99 Å². The van der Waals surface area contributed by atoms with E-state index in [1.807, 2.05) is 30.7 Å². The van der Waals surface area contributed by atoms with E-state index < -0.39 is 0 Å². The predicted octanol–water partition coefficient (Wildman–Crippen LogP) is 3.46. The van der Waals surface area contributed by atoms with Crippen LogP contribution in [0.25, 0.3) is 0 Å². The topological polar surface area (TPSA) is 24.4 Å². The third kappa shape index (κ3) is 1.45. The summed E-state index contributed by atoms with van der Waals surface area (Å²) in [5.41, 5.74) is 8.58. The molecule has 0 spiro atoms. The zero-order valence-corrected chi connectivity index (χ0v) is 10.5. The van der Waals surface area contributed by atoms with E-state index in [-0.39, 0.29) is 0 Å². The van der Waals surface area contributed by atoms with Crippen LogP contribution in [0.3, 0.4) is 0 Å². The third-order valence-corrected chi connectivity index (χ3v) is 3.74. The van der Waals surface area contributed by atoms with Gasteiger partial charge in [-0.15, -0.1) is 4.59 Å². The number of quaternary nitrogens is 1. The van der Waals surface area contributed by atoms with Gasteiger partial charge in [-0.2, -0.15) is 0 Å². The first-order valence-electron chi connectivity index (χ1n) is 6.43. The number of para-hydroxylation sites is 2. The number of hydrogen-bond acceptors (Lipinski definition) is 2. The zero-order chi connectivity index (χ0) is 12.7. The van der Waals surface area contributed by atoms with Crippen LogP contribution < -0.4 is 10.0 Å². The molecule has 0 saturated carbocycles. The molecule has 0 bridgehead atoms. The van der Waals surface area contributed by atoms with Crippen LogP contribution in [0.15, 0.2) is 71.5 Å². The predicted molar refractivity (Wildman–Crippen MR) is 78.6 cm³/mol. The summed E-state index contributed by atoms with van der Waals surface area (Å²) in [7, 11) is 0. The maximum atomic E-state index is 4.36. The standard InChI is InChI=1S/C16H14N3/c1-2-7-14(8-3-1)18-19-12-17-11-15(19)10-13-6-4-5-9-16(13)19/h1-9,11-12,18H,10H2/q+1. The lowest BCUT2D eigenvalue weighted by Gasteiger charge is -2.28. The molecule has 4 rings (SSSR count). The molecule has 2 aromatic rings. The lowest BCUT2D eigenvalue weighted by molar-refractivity contribution is 0.633. The Balaban J connectivity index is 1.84. The minimum absolute atomic E-state index is 0.528. The molecule has 1 N–H and O–H groups in total. The van der Waals surface area contributed by atoms with Crippen molar-refractivity contribution < 1.29 is 0 Å². The van der Waals surface area contributed by atoms with E-state index in [0.29, 0.717) is 4.59 Å². The number of aliphatic imine (C=N–C) groups is 1. The summed E-state index contributed by atoms with van der Waals surface area (Å²) in [5.74, 6) is 0. The molecule has 2 aliphatic rings. The van der Waals surface area contributed by atoms with Crippen molar-refractivity contribution in [2.75, 3.05) is 5.43 Å². The Kier molecular flexibility index (Phi) is 2.11. The van der Waals surface area contributed by atoms with Crippen LogP contribution in [0, 0.1) is 0 Å². The molecule has 19 heavy (non-hydrogen) atoms. The highest BCUT2D eigenvalue weighted by atomic mass is 15.7. The van der Waals surface area contributed by atoms with Crippen molar-refractivity contribution in [2.45, 2.75) is 6.42 Å². The minimum Gasteiger partial charge on any atom is -0.221 e. The molecule has 0 saturated heterocycles. The summed E-state index contributed by atoms with van der Waals surface area (Å²) < 4.78 is 0.528. The average Bonchev–Trinajstić information content (AvgIpc) is 2.96. The third-order valence-electron chi connectivity index (χ3n) is 3.74. The highest BCUT2D eigenvalue weighted by molar-refractivity contribution is 5.87. The monoisotopic (exact) mass is 248 g/mol. The Morgan fingerprint density at radius 3 is 2.63 bits per heavy atom. The molecule has 1 unspecified atom stereocenters. The Bertz CT molecular complexity index is 688. The fraction of sp³-hybridized carbons (Fsp3) is 0.0625. The van der Waals surface area contributed by atoms with Gasteiger partial charge in [0.15, 0.2) is 11.4 Å². The Labute approximate surface area is 112 Å². The van der Waals surface area contributed by atoms with Gasteiger partial charge in [0.2, 0.25) is 6.34 Å². The van der Waals surface area contributed by atoms with Crippen LogP contribution in [0.2, 0.25) is 0 Å². The van der Waals surface area contributed by atoms with E-state index in [0.717, 1.165) is 12.1 Å². The van der Waals surface area contributed by atoms with Crippen molar-refractivity contribution in [1.82, 2.24) is 4.59 Å². The second-order valence-electron chi connectivity index (χ2n) is 4.89. The van der Waals surface area contributed by atoms with E-state index >= 15 is 0 Å². The molecule has 0 aromatic heterocycles. The molecule has 92 valence electrons. The lowest BCUT2D eigenvalue weighted by atomic mass is 10.1. The number of fused-ring (bicyclic) bond motifs is 3. The largest absolute Gasteiger partial charge is 0.225 e. The molecule has 3 nitrogen and oxygen atoms in total. The van der Waals surface area contributed by atoms with Gasteiger partial charge in [-0.3, -0.25) is 0 Å². The van der Waals surface area contributed by atoms with Gasteiger partial charge in [0.25, 0.3) is 0 Å². The number of hydrogen-bond donors (Lipinski definition) is 1. The van der Waals surface area contributed by atoms with Crippen LogP contribution >= 0.6 is 0 Å². The molecule has 0 aliphatic carbocycles. The smallest absolute Gasteiger partial charge is 0.221 e. The van der Waals surface area contributed by atoms with Crippen LogP contribution in [-0.4, -0.2) is 6.34 Å². The van der Waals surface area contributed by atoms with Crippen LogP contribution in [0.4, 0.5) is 11.4 Å². The molecule has 0 fully saturated rings. The van der Waals surface area contributed by atoms with Gasteiger partial charge in [0.05, 0.1) is 18.3 Å². The van der Waals surface area contributed by atoms with E-state index in [9.17, 15) is 0 Å². The molecule has 3 heteroatoms. The summed E-state index contributed by atoms with van der Waals surface area (Å²) in [6, 6.07) is 18.8. The number of nitrogens with one attached hydrogen (secondary N) is 1. The van der Waals surface area contributed by atoms with Gasteiger partial charge in [-0.25, -0.2) is 10.4 Å². The SMILES string of the molecule is C1=NC=C2Cc3ccccc3[N+]12Nc1ccccc1. The number of nitrogens with zero attached hydrogens (tertiary/aromatic N) is 2. The van der Waals surface area contributed by atoms with E-state index in [2.05, 4.69) is 46.8 Å². The summed E-state index contributed by atoms with van der Waals surface area (Å²) in [6.45, 7) is 0. The molecule has 1 atom stereocenters. The normalized spacial score (nSPS) is 22.8. The molecule has 2 heterocycles. The maximum Gasteiger partial charge on any atom is 0.225 e. The fourth-order valence-corrected chi connectivity index (χ4v) is 2.85. The van der Waals surface area contributed by atoms with E-state index in [1.54, 1.807) is 0 Å².